The topological polar surface area (TPSA) is 3.24 Å². The lowest BCUT2D eigenvalue weighted by atomic mass is 9.99. The third-order valence-electron chi connectivity index (χ3n) is 3.76. The summed E-state index contributed by atoms with van der Waals surface area (Å²) in [7, 11) is 0. The molecule has 2 rings (SSSR count). The fourth-order valence-corrected chi connectivity index (χ4v) is 2.60. The van der Waals surface area contributed by atoms with E-state index >= 15 is 0 Å². The Bertz CT molecular complexity index is 593. The SMILES string of the molecule is C=C(c1ccc(F)cc1)c1ccc(N(CCC)CCC)cc1. The molecule has 0 amide bonds. The zero-order valence-electron chi connectivity index (χ0n) is 13.5. The van der Waals surface area contributed by atoms with Crippen molar-refractivity contribution in [2.24, 2.45) is 0 Å². The molecule has 0 heterocycles. The van der Waals surface area contributed by atoms with Crippen LogP contribution in [-0.2, 0) is 0 Å². The Morgan fingerprint density at radius 3 is 1.77 bits per heavy atom. The number of rotatable bonds is 7. The second-order valence-corrected chi connectivity index (χ2v) is 5.52. The minimum atomic E-state index is -0.221. The first-order valence-corrected chi connectivity index (χ1v) is 7.96. The Morgan fingerprint density at radius 1 is 0.864 bits per heavy atom. The molecule has 2 heteroatoms. The molecule has 0 radical (unpaired) electrons. The van der Waals surface area contributed by atoms with Gasteiger partial charge in [0.15, 0.2) is 0 Å². The van der Waals surface area contributed by atoms with Crippen molar-refractivity contribution in [1.29, 1.82) is 0 Å². The Morgan fingerprint density at radius 2 is 1.32 bits per heavy atom. The van der Waals surface area contributed by atoms with Crippen molar-refractivity contribution in [2.45, 2.75) is 26.7 Å². The standard InChI is InChI=1S/C20H24FN/c1-4-14-22(15-5-2)20-12-8-18(9-13-20)16(3)17-6-10-19(21)11-7-17/h6-13H,3-5,14-15H2,1-2H3. The van der Waals surface area contributed by atoms with Crippen LogP contribution in [0.3, 0.4) is 0 Å². The van der Waals surface area contributed by atoms with Gasteiger partial charge < -0.3 is 4.90 Å². The van der Waals surface area contributed by atoms with Crippen LogP contribution in [0.15, 0.2) is 55.1 Å². The number of halogens is 1. The Hall–Kier alpha value is -2.09. The number of hydrogen-bond acceptors (Lipinski definition) is 1. The molecular weight excluding hydrogens is 273 g/mol. The van der Waals surface area contributed by atoms with Gasteiger partial charge in [-0.15, -0.1) is 0 Å². The summed E-state index contributed by atoms with van der Waals surface area (Å²) >= 11 is 0. The fraction of sp³-hybridized carbons (Fsp3) is 0.300. The van der Waals surface area contributed by atoms with E-state index < -0.39 is 0 Å². The van der Waals surface area contributed by atoms with Crippen molar-refractivity contribution in [2.75, 3.05) is 18.0 Å². The van der Waals surface area contributed by atoms with Crippen LogP contribution in [0.4, 0.5) is 10.1 Å². The van der Waals surface area contributed by atoms with E-state index in [4.69, 9.17) is 0 Å². The van der Waals surface area contributed by atoms with Gasteiger partial charge in [0.25, 0.3) is 0 Å². The molecule has 0 aliphatic rings. The molecule has 0 saturated carbocycles. The van der Waals surface area contributed by atoms with Crippen molar-refractivity contribution in [1.82, 2.24) is 0 Å². The maximum absolute atomic E-state index is 13.0. The van der Waals surface area contributed by atoms with Crippen molar-refractivity contribution in [3.8, 4) is 0 Å². The average molecular weight is 297 g/mol. The molecule has 0 aliphatic carbocycles. The van der Waals surface area contributed by atoms with Gasteiger partial charge in [-0.2, -0.15) is 0 Å². The second-order valence-electron chi connectivity index (χ2n) is 5.52. The van der Waals surface area contributed by atoms with Gasteiger partial charge in [0.2, 0.25) is 0 Å². The van der Waals surface area contributed by atoms with E-state index in [-0.39, 0.29) is 5.82 Å². The van der Waals surface area contributed by atoms with E-state index in [1.165, 1.54) is 17.8 Å². The minimum Gasteiger partial charge on any atom is -0.372 e. The highest BCUT2D eigenvalue weighted by atomic mass is 19.1. The molecule has 0 N–H and O–H groups in total. The summed E-state index contributed by atoms with van der Waals surface area (Å²) in [6, 6.07) is 15.0. The van der Waals surface area contributed by atoms with E-state index in [2.05, 4.69) is 49.6 Å². The summed E-state index contributed by atoms with van der Waals surface area (Å²) in [6.45, 7) is 10.7. The minimum absolute atomic E-state index is 0.221. The monoisotopic (exact) mass is 297 g/mol. The third-order valence-corrected chi connectivity index (χ3v) is 3.76. The fourth-order valence-electron chi connectivity index (χ4n) is 2.60. The molecule has 0 aliphatic heterocycles. The van der Waals surface area contributed by atoms with Crippen molar-refractivity contribution < 1.29 is 4.39 Å². The molecule has 0 fully saturated rings. The quantitative estimate of drug-likeness (QED) is 0.651. The first-order valence-electron chi connectivity index (χ1n) is 7.96. The maximum atomic E-state index is 13.0. The summed E-state index contributed by atoms with van der Waals surface area (Å²) in [5.74, 6) is -0.221. The van der Waals surface area contributed by atoms with Crippen LogP contribution < -0.4 is 4.90 Å². The van der Waals surface area contributed by atoms with Crippen LogP contribution in [0.25, 0.3) is 5.57 Å². The molecule has 0 bridgehead atoms. The Kier molecular flexibility index (Phi) is 5.76. The van der Waals surface area contributed by atoms with Gasteiger partial charge in [-0.25, -0.2) is 4.39 Å². The van der Waals surface area contributed by atoms with Crippen molar-refractivity contribution in [3.05, 3.63) is 72.1 Å². The third kappa shape index (κ3) is 3.97. The van der Waals surface area contributed by atoms with Gasteiger partial charge in [-0.3, -0.25) is 0 Å². The molecule has 0 saturated heterocycles. The molecule has 1 nitrogen and oxygen atoms in total. The smallest absolute Gasteiger partial charge is 0.123 e. The summed E-state index contributed by atoms with van der Waals surface area (Å²) in [4.78, 5) is 2.41. The molecule has 0 unspecified atom stereocenters. The molecule has 0 aromatic heterocycles. The van der Waals surface area contributed by atoms with Crippen LogP contribution in [0.2, 0.25) is 0 Å². The summed E-state index contributed by atoms with van der Waals surface area (Å²) in [5.41, 5.74) is 4.19. The molecule has 2 aromatic rings. The first kappa shape index (κ1) is 16.3. The normalized spacial score (nSPS) is 10.5. The van der Waals surface area contributed by atoms with E-state index in [1.54, 1.807) is 12.1 Å². The van der Waals surface area contributed by atoms with E-state index in [1.807, 2.05) is 0 Å². The zero-order chi connectivity index (χ0) is 15.9. The van der Waals surface area contributed by atoms with Crippen LogP contribution in [0.5, 0.6) is 0 Å². The highest BCUT2D eigenvalue weighted by molar-refractivity contribution is 5.78. The lowest BCUT2D eigenvalue weighted by molar-refractivity contribution is 0.627. The van der Waals surface area contributed by atoms with Gasteiger partial charge in [0.1, 0.15) is 5.82 Å². The lowest BCUT2D eigenvalue weighted by Gasteiger charge is -2.24. The van der Waals surface area contributed by atoms with Crippen LogP contribution in [-0.4, -0.2) is 13.1 Å². The number of benzene rings is 2. The average Bonchev–Trinajstić information content (AvgIpc) is 2.55. The molecular formula is C20H24FN. The molecule has 2 aromatic carbocycles. The summed E-state index contributed by atoms with van der Waals surface area (Å²) in [6.07, 6.45) is 2.29. The van der Waals surface area contributed by atoms with Crippen molar-refractivity contribution in [3.63, 3.8) is 0 Å². The second kappa shape index (κ2) is 7.79. The van der Waals surface area contributed by atoms with E-state index in [0.717, 1.165) is 42.6 Å². The van der Waals surface area contributed by atoms with Gasteiger partial charge in [-0.1, -0.05) is 44.7 Å². The van der Waals surface area contributed by atoms with Crippen molar-refractivity contribution >= 4 is 11.3 Å². The molecule has 116 valence electrons. The summed E-state index contributed by atoms with van der Waals surface area (Å²) < 4.78 is 13.0. The van der Waals surface area contributed by atoms with E-state index in [0.29, 0.717) is 0 Å². The highest BCUT2D eigenvalue weighted by Gasteiger charge is 2.06. The lowest BCUT2D eigenvalue weighted by Crippen LogP contribution is -2.24. The predicted octanol–water partition coefficient (Wildman–Crippen LogP) is 5.51. The van der Waals surface area contributed by atoms with Gasteiger partial charge >= 0.3 is 0 Å². The van der Waals surface area contributed by atoms with Gasteiger partial charge in [-0.05, 0) is 53.8 Å². The number of nitrogens with zero attached hydrogens (tertiary/aromatic N) is 1. The Labute approximate surface area is 133 Å². The number of anilines is 1. The van der Waals surface area contributed by atoms with Gasteiger partial charge in [0, 0.05) is 18.8 Å². The predicted molar refractivity (Wildman–Crippen MR) is 93.8 cm³/mol. The highest BCUT2D eigenvalue weighted by Crippen LogP contribution is 2.24. The van der Waals surface area contributed by atoms with E-state index in [9.17, 15) is 4.39 Å². The zero-order valence-corrected chi connectivity index (χ0v) is 13.5. The van der Waals surface area contributed by atoms with Crippen LogP contribution in [0, 0.1) is 5.82 Å². The summed E-state index contributed by atoms with van der Waals surface area (Å²) in [5, 5.41) is 0. The molecule has 22 heavy (non-hydrogen) atoms. The maximum Gasteiger partial charge on any atom is 0.123 e. The largest absolute Gasteiger partial charge is 0.372 e. The van der Waals surface area contributed by atoms with Gasteiger partial charge in [0.05, 0.1) is 0 Å². The molecule has 0 spiro atoms. The van der Waals surface area contributed by atoms with Crippen LogP contribution in [0.1, 0.15) is 37.8 Å². The van der Waals surface area contributed by atoms with Crippen LogP contribution >= 0.6 is 0 Å². The Balaban J connectivity index is 2.17. The molecule has 0 atom stereocenters. The first-order chi connectivity index (χ1) is 10.7. The number of hydrogen-bond donors (Lipinski definition) is 0.